The van der Waals surface area contributed by atoms with Crippen molar-refractivity contribution < 1.29 is 15.0 Å². The zero-order valence-electron chi connectivity index (χ0n) is 22.0. The minimum absolute atomic E-state index is 0. The Kier molecular flexibility index (Phi) is 6.67. The van der Waals surface area contributed by atoms with Crippen LogP contribution in [0, 0.1) is 56.7 Å². The molecule has 5 aliphatic rings. The molecule has 0 saturated heterocycles. The van der Waals surface area contributed by atoms with Gasteiger partial charge in [-0.2, -0.15) is 0 Å². The van der Waals surface area contributed by atoms with E-state index < -0.39 is 11.4 Å². The number of carboxylic acid groups (broad SMARTS) is 1. The molecule has 0 aromatic rings. The molecule has 34 heavy (non-hydrogen) atoms. The summed E-state index contributed by atoms with van der Waals surface area (Å²) in [6.45, 7) is 18.8. The van der Waals surface area contributed by atoms with Gasteiger partial charge in [-0.25, -0.2) is 0 Å². The average Bonchev–Trinajstić information content (AvgIpc) is 3.13. The second-order valence-corrected chi connectivity index (χ2v) is 14.5. The van der Waals surface area contributed by atoms with Gasteiger partial charge in [0.25, 0.3) is 0 Å². The van der Waals surface area contributed by atoms with Crippen LogP contribution in [0.25, 0.3) is 0 Å². The monoisotopic (exact) mass is 480 g/mol. The number of aliphatic carboxylic acids is 1. The number of allylic oxidation sites excluding steroid dienone is 1. The Hall–Kier alpha value is 0.170. The van der Waals surface area contributed by atoms with Gasteiger partial charge in [0.2, 0.25) is 0 Å². The summed E-state index contributed by atoms with van der Waals surface area (Å²) in [6.07, 6.45) is 10.5. The standard InChI is InChI=1S/C30H48O3.Na.H/c1-18(2)19-10-15-30(25(32)33)17-16-28(6)20(24(19)30)8-9-22-27(5)13-12-23(31)26(3,4)21(27)11-14-29(22,28)7;;/h19-24,31H,1,8-17H2,2-7H3,(H,32,33);;/t19-,20+,21-,22+,23-,24+,27-,28+,29+,30-;;/m0../s1. The van der Waals surface area contributed by atoms with E-state index in [4.69, 9.17) is 0 Å². The van der Waals surface area contributed by atoms with Gasteiger partial charge in [0.05, 0.1) is 11.5 Å². The fourth-order valence-corrected chi connectivity index (χ4v) is 11.5. The molecule has 0 aromatic heterocycles. The Bertz CT molecular complexity index is 867. The number of aliphatic hydroxyl groups is 1. The van der Waals surface area contributed by atoms with E-state index >= 15 is 0 Å². The molecule has 0 radical (unpaired) electrons. The van der Waals surface area contributed by atoms with Gasteiger partial charge in [0.1, 0.15) is 0 Å². The summed E-state index contributed by atoms with van der Waals surface area (Å²) < 4.78 is 0. The molecule has 10 atom stereocenters. The van der Waals surface area contributed by atoms with Gasteiger partial charge in [0, 0.05) is 0 Å². The van der Waals surface area contributed by atoms with Crippen LogP contribution in [-0.2, 0) is 4.79 Å². The third-order valence-corrected chi connectivity index (χ3v) is 13.5. The van der Waals surface area contributed by atoms with Crippen molar-refractivity contribution in [2.45, 2.75) is 112 Å². The van der Waals surface area contributed by atoms with Crippen LogP contribution in [0.1, 0.15) is 106 Å². The first-order chi connectivity index (χ1) is 15.3. The van der Waals surface area contributed by atoms with Crippen LogP contribution in [0.3, 0.4) is 0 Å². The van der Waals surface area contributed by atoms with Crippen LogP contribution in [-0.4, -0.2) is 51.8 Å². The van der Waals surface area contributed by atoms with Crippen molar-refractivity contribution in [3.63, 3.8) is 0 Å². The summed E-state index contributed by atoms with van der Waals surface area (Å²) in [6, 6.07) is 0. The van der Waals surface area contributed by atoms with Gasteiger partial charge < -0.3 is 10.2 Å². The molecule has 0 bridgehead atoms. The summed E-state index contributed by atoms with van der Waals surface area (Å²) in [7, 11) is 0. The molecule has 4 heteroatoms. The van der Waals surface area contributed by atoms with Crippen molar-refractivity contribution in [2.75, 3.05) is 0 Å². The Morgan fingerprint density at radius 2 is 1.50 bits per heavy atom. The van der Waals surface area contributed by atoms with Gasteiger partial charge in [-0.3, -0.25) is 4.79 Å². The van der Waals surface area contributed by atoms with Crippen molar-refractivity contribution in [3.05, 3.63) is 12.2 Å². The Balaban J connectivity index is 0.00000274. The minimum atomic E-state index is -0.538. The van der Waals surface area contributed by atoms with Crippen molar-refractivity contribution in [2.24, 2.45) is 56.7 Å². The molecule has 0 spiro atoms. The predicted octanol–water partition coefficient (Wildman–Crippen LogP) is 6.44. The molecule has 5 aliphatic carbocycles. The van der Waals surface area contributed by atoms with E-state index in [0.29, 0.717) is 23.7 Å². The van der Waals surface area contributed by atoms with Gasteiger partial charge in [-0.15, -0.1) is 0 Å². The first-order valence-corrected chi connectivity index (χ1v) is 13.8. The summed E-state index contributed by atoms with van der Waals surface area (Å²) in [4.78, 5) is 12.8. The quantitative estimate of drug-likeness (QED) is 0.353. The molecular weight excluding hydrogens is 431 g/mol. The van der Waals surface area contributed by atoms with E-state index in [1.54, 1.807) is 0 Å². The van der Waals surface area contributed by atoms with Crippen LogP contribution >= 0.6 is 0 Å². The van der Waals surface area contributed by atoms with Gasteiger partial charge in [-0.05, 0) is 122 Å². The maximum atomic E-state index is 12.8. The average molecular weight is 481 g/mol. The van der Waals surface area contributed by atoms with Crippen molar-refractivity contribution in [3.8, 4) is 0 Å². The van der Waals surface area contributed by atoms with Crippen molar-refractivity contribution in [1.82, 2.24) is 0 Å². The van der Waals surface area contributed by atoms with Gasteiger partial charge >= 0.3 is 35.5 Å². The van der Waals surface area contributed by atoms with Crippen LogP contribution in [0.2, 0.25) is 0 Å². The molecule has 2 N–H and O–H groups in total. The number of hydrogen-bond acceptors (Lipinski definition) is 2. The van der Waals surface area contributed by atoms with E-state index in [9.17, 15) is 15.0 Å². The van der Waals surface area contributed by atoms with Crippen LogP contribution in [0.5, 0.6) is 0 Å². The first-order valence-electron chi connectivity index (χ1n) is 13.8. The molecule has 5 saturated carbocycles. The summed E-state index contributed by atoms with van der Waals surface area (Å²) >= 11 is 0. The molecule has 0 amide bonds. The third-order valence-electron chi connectivity index (χ3n) is 13.5. The number of carboxylic acids is 1. The number of aliphatic hydroxyl groups excluding tert-OH is 1. The first kappa shape index (κ1) is 27.2. The van der Waals surface area contributed by atoms with E-state index in [2.05, 4.69) is 48.1 Å². The SMILES string of the molecule is C=C(C)[C@@H]1CC[C@]2(C(=O)O)CC[C@]3(C)[C@H](CC[C@@H]4[C@@]5(C)CC[C@H](O)C(C)(C)[C@@H]5CC[C@]43C)[C@@H]12.[NaH]. The van der Waals surface area contributed by atoms with Crippen LogP contribution in [0.15, 0.2) is 12.2 Å². The number of carbonyl (C=O) groups is 1. The van der Waals surface area contributed by atoms with E-state index in [1.165, 1.54) is 31.3 Å². The molecule has 5 rings (SSSR count). The number of hydrogen-bond donors (Lipinski definition) is 2. The summed E-state index contributed by atoms with van der Waals surface area (Å²) in [5, 5.41) is 21.4. The Morgan fingerprint density at radius 3 is 2.12 bits per heavy atom. The molecule has 0 aliphatic heterocycles. The third kappa shape index (κ3) is 3.18. The maximum absolute atomic E-state index is 12.8. The number of fused-ring (bicyclic) bond motifs is 7. The fraction of sp³-hybridized carbons (Fsp3) is 0.900. The normalized spacial score (nSPS) is 53.4. The van der Waals surface area contributed by atoms with Gasteiger partial charge in [-0.1, -0.05) is 46.8 Å². The second-order valence-electron chi connectivity index (χ2n) is 14.5. The summed E-state index contributed by atoms with van der Waals surface area (Å²) in [5.41, 5.74) is 1.35. The predicted molar refractivity (Wildman–Crippen MR) is 140 cm³/mol. The van der Waals surface area contributed by atoms with E-state index in [1.807, 2.05) is 0 Å². The van der Waals surface area contributed by atoms with Crippen molar-refractivity contribution >= 4 is 35.5 Å². The van der Waals surface area contributed by atoms with Gasteiger partial charge in [0.15, 0.2) is 0 Å². The molecular formula is C30H49NaO3. The topological polar surface area (TPSA) is 57.5 Å². The molecule has 0 heterocycles. The zero-order valence-corrected chi connectivity index (χ0v) is 22.0. The Labute approximate surface area is 230 Å². The van der Waals surface area contributed by atoms with Crippen molar-refractivity contribution in [1.29, 1.82) is 0 Å². The molecule has 0 aromatic carbocycles. The van der Waals surface area contributed by atoms with Crippen LogP contribution < -0.4 is 0 Å². The molecule has 188 valence electrons. The summed E-state index contributed by atoms with van der Waals surface area (Å²) in [5.74, 6) is 1.79. The number of rotatable bonds is 2. The van der Waals surface area contributed by atoms with Crippen LogP contribution in [0.4, 0.5) is 0 Å². The molecule has 0 unspecified atom stereocenters. The zero-order chi connectivity index (χ0) is 24.2. The fourth-order valence-electron chi connectivity index (χ4n) is 11.5. The van der Waals surface area contributed by atoms with E-state index in [0.717, 1.165) is 38.5 Å². The van der Waals surface area contributed by atoms with E-state index in [-0.39, 0.29) is 63.2 Å². The Morgan fingerprint density at radius 1 is 0.824 bits per heavy atom. The molecule has 5 fully saturated rings. The second kappa shape index (κ2) is 8.34. The molecule has 3 nitrogen and oxygen atoms in total.